The molecule has 322 valence electrons. The number of aliphatic carboxylic acids is 1. The molecule has 0 bridgehead atoms. The number of carbonyl (C=O) groups is 3. The molecule has 2 unspecified atom stereocenters. The van der Waals surface area contributed by atoms with Crippen molar-refractivity contribution in [3.8, 4) is 0 Å². The molecule has 2 atom stereocenters. The average Bonchev–Trinajstić information content (AvgIpc) is 3.14. The molecule has 0 rings (SSSR count). The number of nitrogens with zero attached hydrogens (tertiary/aromatic N) is 1. The van der Waals surface area contributed by atoms with Crippen molar-refractivity contribution in [2.75, 3.05) is 41.0 Å². The number of carboxylic acids is 1. The van der Waals surface area contributed by atoms with Crippen LogP contribution < -0.4 is 5.11 Å². The lowest BCUT2D eigenvalue weighted by molar-refractivity contribution is -0.889. The Balaban J connectivity index is 4.33. The van der Waals surface area contributed by atoms with Crippen molar-refractivity contribution in [2.24, 2.45) is 0 Å². The van der Waals surface area contributed by atoms with Gasteiger partial charge in [0.2, 0.25) is 0 Å². The highest BCUT2D eigenvalue weighted by Crippen LogP contribution is 2.14. The summed E-state index contributed by atoms with van der Waals surface area (Å²) in [6.07, 6.45) is 41.9. The second-order valence-corrected chi connectivity index (χ2v) is 16.6. The van der Waals surface area contributed by atoms with Gasteiger partial charge in [-0.3, -0.25) is 9.59 Å². The first kappa shape index (κ1) is 52.8. The van der Waals surface area contributed by atoms with Gasteiger partial charge in [-0.15, -0.1) is 0 Å². The average molecular weight is 778 g/mol. The van der Waals surface area contributed by atoms with E-state index in [0.29, 0.717) is 12.8 Å². The number of rotatable bonds is 41. The Morgan fingerprint density at radius 1 is 0.527 bits per heavy atom. The molecule has 0 aromatic carbocycles. The van der Waals surface area contributed by atoms with Crippen molar-refractivity contribution in [3.63, 3.8) is 0 Å². The van der Waals surface area contributed by atoms with Gasteiger partial charge >= 0.3 is 11.9 Å². The summed E-state index contributed by atoms with van der Waals surface area (Å²) < 4.78 is 17.2. The molecule has 0 saturated heterocycles. The van der Waals surface area contributed by atoms with Crippen LogP contribution in [0.3, 0.4) is 0 Å². The second kappa shape index (κ2) is 38.7. The van der Waals surface area contributed by atoms with Crippen LogP contribution in [0.5, 0.6) is 0 Å². The molecule has 0 aliphatic carbocycles. The molecule has 0 heterocycles. The minimum Gasteiger partial charge on any atom is -0.544 e. The van der Waals surface area contributed by atoms with Crippen molar-refractivity contribution in [1.29, 1.82) is 0 Å². The summed E-state index contributed by atoms with van der Waals surface area (Å²) in [5, 5.41) is 11.6. The van der Waals surface area contributed by atoms with E-state index in [-0.39, 0.29) is 42.7 Å². The Morgan fingerprint density at radius 2 is 0.909 bits per heavy atom. The molecule has 0 aromatic rings. The number of hydrogen-bond donors (Lipinski definition) is 0. The lowest BCUT2D eigenvalue weighted by Gasteiger charge is -2.34. The SMILES string of the molecule is CCCCCC/C=C/CCCCCCCCCC(=O)OCC(COCCC(C(=O)[O-])[N+](C)(C)C)OC(=O)CCCCCCC/C=C/CCCCCCCCC. The summed E-state index contributed by atoms with van der Waals surface area (Å²) in [5.74, 6) is -1.74. The number of hydrogen-bond acceptors (Lipinski definition) is 7. The molecule has 0 radical (unpaired) electrons. The van der Waals surface area contributed by atoms with Crippen molar-refractivity contribution >= 4 is 17.9 Å². The summed E-state index contributed by atoms with van der Waals surface area (Å²) in [5.41, 5.74) is 0. The molecule has 0 aliphatic heterocycles. The van der Waals surface area contributed by atoms with Crippen LogP contribution in [0, 0.1) is 0 Å². The van der Waals surface area contributed by atoms with Crippen LogP contribution in [0.2, 0.25) is 0 Å². The van der Waals surface area contributed by atoms with Gasteiger partial charge in [0.1, 0.15) is 12.6 Å². The zero-order valence-corrected chi connectivity index (χ0v) is 36.6. The topological polar surface area (TPSA) is 102 Å². The quantitative estimate of drug-likeness (QED) is 0.0264. The first-order valence-electron chi connectivity index (χ1n) is 22.9. The maximum atomic E-state index is 12.7. The van der Waals surface area contributed by atoms with E-state index in [9.17, 15) is 19.5 Å². The summed E-state index contributed by atoms with van der Waals surface area (Å²) >= 11 is 0. The fourth-order valence-electron chi connectivity index (χ4n) is 6.71. The van der Waals surface area contributed by atoms with E-state index in [1.165, 1.54) is 122 Å². The van der Waals surface area contributed by atoms with Crippen LogP contribution in [0.4, 0.5) is 0 Å². The zero-order valence-electron chi connectivity index (χ0n) is 36.6. The Morgan fingerprint density at radius 3 is 1.33 bits per heavy atom. The highest BCUT2D eigenvalue weighted by atomic mass is 16.6. The molecule has 0 spiro atoms. The van der Waals surface area contributed by atoms with Gasteiger partial charge in [0.05, 0.1) is 40.3 Å². The molecule has 55 heavy (non-hydrogen) atoms. The molecule has 0 fully saturated rings. The molecule has 0 N–H and O–H groups in total. The largest absolute Gasteiger partial charge is 0.544 e. The van der Waals surface area contributed by atoms with Crippen molar-refractivity contribution in [1.82, 2.24) is 0 Å². The van der Waals surface area contributed by atoms with Crippen molar-refractivity contribution < 1.29 is 38.2 Å². The molecule has 8 nitrogen and oxygen atoms in total. The van der Waals surface area contributed by atoms with E-state index in [2.05, 4.69) is 38.2 Å². The van der Waals surface area contributed by atoms with Gasteiger partial charge in [0, 0.05) is 19.3 Å². The lowest BCUT2D eigenvalue weighted by atomic mass is 10.1. The van der Waals surface area contributed by atoms with Crippen LogP contribution in [-0.4, -0.2) is 75.5 Å². The first-order valence-corrected chi connectivity index (χ1v) is 22.9. The lowest BCUT2D eigenvalue weighted by Crippen LogP contribution is -2.55. The molecule has 0 aromatic heterocycles. The van der Waals surface area contributed by atoms with Crippen LogP contribution in [0.25, 0.3) is 0 Å². The predicted octanol–water partition coefficient (Wildman–Crippen LogP) is 11.1. The Kier molecular flexibility index (Phi) is 37.1. The second-order valence-electron chi connectivity index (χ2n) is 16.6. The van der Waals surface area contributed by atoms with Gasteiger partial charge in [-0.25, -0.2) is 0 Å². The van der Waals surface area contributed by atoms with E-state index < -0.39 is 18.1 Å². The molecule has 8 heteroatoms. The fraction of sp³-hybridized carbons (Fsp3) is 0.851. The fourth-order valence-corrected chi connectivity index (χ4v) is 6.71. The predicted molar refractivity (Wildman–Crippen MR) is 227 cm³/mol. The van der Waals surface area contributed by atoms with Crippen molar-refractivity contribution in [3.05, 3.63) is 24.3 Å². The van der Waals surface area contributed by atoms with Crippen LogP contribution >= 0.6 is 0 Å². The highest BCUT2D eigenvalue weighted by molar-refractivity contribution is 5.70. The van der Waals surface area contributed by atoms with Crippen LogP contribution in [0.1, 0.15) is 206 Å². The molecular formula is C47H87NO7. The maximum absolute atomic E-state index is 12.7. The van der Waals surface area contributed by atoms with E-state index in [4.69, 9.17) is 14.2 Å². The Labute approximate surface area is 339 Å². The van der Waals surface area contributed by atoms with Crippen LogP contribution in [-0.2, 0) is 28.6 Å². The summed E-state index contributed by atoms with van der Waals surface area (Å²) in [4.78, 5) is 36.9. The molecule has 0 amide bonds. The molecular weight excluding hydrogens is 691 g/mol. The summed E-state index contributed by atoms with van der Waals surface area (Å²) in [6.45, 7) is 4.65. The van der Waals surface area contributed by atoms with E-state index in [0.717, 1.165) is 51.4 Å². The number of allylic oxidation sites excluding steroid dienone is 4. The van der Waals surface area contributed by atoms with Gasteiger partial charge in [0.25, 0.3) is 0 Å². The van der Waals surface area contributed by atoms with Gasteiger partial charge in [-0.2, -0.15) is 0 Å². The normalized spacial score (nSPS) is 13.1. The van der Waals surface area contributed by atoms with Gasteiger partial charge < -0.3 is 28.6 Å². The summed E-state index contributed by atoms with van der Waals surface area (Å²) in [6, 6.07) is -0.725. The number of esters is 2. The highest BCUT2D eigenvalue weighted by Gasteiger charge is 2.25. The van der Waals surface area contributed by atoms with Crippen molar-refractivity contribution in [2.45, 2.75) is 219 Å². The smallest absolute Gasteiger partial charge is 0.306 e. The van der Waals surface area contributed by atoms with E-state index in [1.807, 2.05) is 0 Å². The number of ether oxygens (including phenoxy) is 3. The third kappa shape index (κ3) is 37.2. The van der Waals surface area contributed by atoms with E-state index in [1.54, 1.807) is 21.1 Å². The number of unbranched alkanes of at least 4 members (excludes halogenated alkanes) is 23. The standard InChI is InChI=1S/C47H87NO7/c1-6-8-10-12-14-16-18-20-22-24-26-28-30-32-34-36-38-46(50)55-43(41-53-40-39-44(47(51)52)48(3,4)5)42-54-45(49)37-35-33-31-29-27-25-23-21-19-17-15-13-11-9-7-2/h17,19,22,24,43-44H,6-16,18,20-21,23,25-42H2,1-5H3/b19-17+,24-22+. The van der Waals surface area contributed by atoms with Gasteiger partial charge in [0.15, 0.2) is 6.10 Å². The number of carbonyl (C=O) groups excluding carboxylic acids is 3. The third-order valence-electron chi connectivity index (χ3n) is 10.3. The number of carboxylic acid groups (broad SMARTS) is 1. The van der Waals surface area contributed by atoms with E-state index >= 15 is 0 Å². The molecule has 0 saturated carbocycles. The zero-order chi connectivity index (χ0) is 40.7. The Bertz CT molecular complexity index is 957. The summed E-state index contributed by atoms with van der Waals surface area (Å²) in [7, 11) is 5.41. The first-order chi connectivity index (χ1) is 26.6. The number of quaternary nitrogens is 1. The third-order valence-corrected chi connectivity index (χ3v) is 10.3. The minimum atomic E-state index is -1.13. The minimum absolute atomic E-state index is 0.0388. The van der Waals surface area contributed by atoms with Gasteiger partial charge in [-0.1, -0.05) is 147 Å². The monoisotopic (exact) mass is 778 g/mol. The van der Waals surface area contributed by atoms with Crippen LogP contribution in [0.15, 0.2) is 24.3 Å². The maximum Gasteiger partial charge on any atom is 0.306 e. The number of likely N-dealkylation sites (N-methyl/N-ethyl adjacent to an activating group) is 1. The Hall–Kier alpha value is -2.19. The van der Waals surface area contributed by atoms with Gasteiger partial charge in [-0.05, 0) is 64.2 Å². The molecule has 0 aliphatic rings.